The molecule has 1 aliphatic rings. The lowest BCUT2D eigenvalue weighted by atomic mass is 9.99. The van der Waals surface area contributed by atoms with Gasteiger partial charge in [-0.3, -0.25) is 9.55 Å². The summed E-state index contributed by atoms with van der Waals surface area (Å²) >= 11 is 0. The van der Waals surface area contributed by atoms with Crippen LogP contribution in [0.4, 0.5) is 8.78 Å². The predicted octanol–water partition coefficient (Wildman–Crippen LogP) is 3.91. The number of aliphatic hydroxyl groups is 1. The van der Waals surface area contributed by atoms with Crippen molar-refractivity contribution in [2.75, 3.05) is 19.7 Å². The number of imidazole rings is 1. The molecule has 9 nitrogen and oxygen atoms in total. The zero-order chi connectivity index (χ0) is 25.4. The van der Waals surface area contributed by atoms with Crippen molar-refractivity contribution < 1.29 is 18.6 Å². The lowest BCUT2D eigenvalue weighted by molar-refractivity contribution is 0.00348. The average molecular weight is 498 g/mol. The third-order valence-electron chi connectivity index (χ3n) is 6.73. The van der Waals surface area contributed by atoms with E-state index < -0.39 is 12.2 Å². The fourth-order valence-electron chi connectivity index (χ4n) is 4.87. The highest BCUT2D eigenvalue weighted by Gasteiger charge is 2.29. The van der Waals surface area contributed by atoms with E-state index in [1.54, 1.807) is 31.3 Å². The maximum absolute atomic E-state index is 13.8. The first-order valence-electron chi connectivity index (χ1n) is 11.9. The van der Waals surface area contributed by atoms with Gasteiger partial charge in [-0.15, -0.1) is 5.10 Å². The van der Waals surface area contributed by atoms with Crippen molar-refractivity contribution in [2.24, 2.45) is 0 Å². The van der Waals surface area contributed by atoms with Crippen LogP contribution in [0.15, 0.2) is 36.8 Å². The van der Waals surface area contributed by atoms with Crippen molar-refractivity contribution in [1.82, 2.24) is 34.8 Å². The van der Waals surface area contributed by atoms with E-state index in [0.717, 1.165) is 48.1 Å². The number of piperidine rings is 1. The molecule has 190 valence electrons. The molecule has 5 rings (SSSR count). The van der Waals surface area contributed by atoms with Crippen molar-refractivity contribution >= 4 is 11.0 Å². The maximum Gasteiger partial charge on any atom is 0.320 e. The van der Waals surface area contributed by atoms with Gasteiger partial charge in [-0.1, -0.05) is 11.3 Å². The van der Waals surface area contributed by atoms with E-state index in [2.05, 4.69) is 25.6 Å². The fourth-order valence-corrected chi connectivity index (χ4v) is 4.87. The summed E-state index contributed by atoms with van der Waals surface area (Å²) in [6, 6.07) is 7.25. The van der Waals surface area contributed by atoms with Crippen molar-refractivity contribution in [1.29, 1.82) is 0 Å². The molecule has 1 atom stereocenters. The summed E-state index contributed by atoms with van der Waals surface area (Å²) in [6.45, 7) is 4.23. The molecule has 11 heteroatoms. The largest absolute Gasteiger partial charge is 0.488 e. The third-order valence-corrected chi connectivity index (χ3v) is 6.73. The molecule has 0 saturated carbocycles. The Morgan fingerprint density at radius 3 is 2.72 bits per heavy atom. The number of fused-ring (bicyclic) bond motifs is 1. The molecule has 1 fully saturated rings. The molecular formula is C25H29F2N7O2. The number of hydrogen-bond donors (Lipinski definition) is 2. The Morgan fingerprint density at radius 2 is 2.00 bits per heavy atom. The van der Waals surface area contributed by atoms with Gasteiger partial charge in [-0.25, -0.2) is 9.67 Å². The predicted molar refractivity (Wildman–Crippen MR) is 130 cm³/mol. The summed E-state index contributed by atoms with van der Waals surface area (Å²) in [5.41, 5.74) is 2.47. The van der Waals surface area contributed by atoms with Crippen LogP contribution in [0.2, 0.25) is 0 Å². The fraction of sp³-hybridized carbons (Fsp3) is 0.440. The molecule has 0 spiro atoms. The Morgan fingerprint density at radius 1 is 1.22 bits per heavy atom. The minimum Gasteiger partial charge on any atom is -0.488 e. The monoisotopic (exact) mass is 497 g/mol. The highest BCUT2D eigenvalue weighted by atomic mass is 19.3. The summed E-state index contributed by atoms with van der Waals surface area (Å²) in [4.78, 5) is 8.49. The normalized spacial score (nSPS) is 16.5. The van der Waals surface area contributed by atoms with E-state index >= 15 is 0 Å². The average Bonchev–Trinajstić information content (AvgIpc) is 3.47. The van der Waals surface area contributed by atoms with Crippen molar-refractivity contribution in [3.8, 4) is 17.0 Å². The van der Waals surface area contributed by atoms with Crippen LogP contribution < -0.4 is 10.1 Å². The minimum atomic E-state index is -2.80. The molecule has 0 bridgehead atoms. The Kier molecular flexibility index (Phi) is 6.44. The topological polar surface area (TPSA) is 103 Å². The second kappa shape index (κ2) is 9.55. The van der Waals surface area contributed by atoms with Crippen LogP contribution in [0.3, 0.4) is 0 Å². The molecule has 1 aromatic carbocycles. The van der Waals surface area contributed by atoms with Gasteiger partial charge in [0.15, 0.2) is 0 Å². The lowest BCUT2D eigenvalue weighted by Gasteiger charge is -2.25. The van der Waals surface area contributed by atoms with Gasteiger partial charge < -0.3 is 15.2 Å². The van der Waals surface area contributed by atoms with Crippen LogP contribution in [0.25, 0.3) is 22.3 Å². The molecule has 4 aromatic rings. The van der Waals surface area contributed by atoms with Gasteiger partial charge in [0, 0.05) is 11.8 Å². The first-order chi connectivity index (χ1) is 17.3. The number of aryl methyl sites for hydroxylation is 1. The molecule has 0 amide bonds. The van der Waals surface area contributed by atoms with Gasteiger partial charge in [0.25, 0.3) is 0 Å². The van der Waals surface area contributed by atoms with Crippen molar-refractivity contribution in [3.63, 3.8) is 0 Å². The van der Waals surface area contributed by atoms with Crippen LogP contribution in [-0.4, -0.2) is 54.3 Å². The molecule has 0 aliphatic carbocycles. The van der Waals surface area contributed by atoms with Crippen molar-refractivity contribution in [3.05, 3.63) is 53.7 Å². The Labute approximate surface area is 207 Å². The summed E-state index contributed by atoms with van der Waals surface area (Å²) < 4.78 is 36.3. The van der Waals surface area contributed by atoms with E-state index in [-0.39, 0.29) is 23.9 Å². The number of halogens is 2. The molecule has 2 N–H and O–H groups in total. The number of pyridine rings is 1. The SMILES string of the molecule is Cc1cccnc1C(C)(O)COc1cc(-c2nnn(C3CCNCC3)c2C)cc2ncn(C(F)F)c12. The maximum atomic E-state index is 13.8. The Hall–Kier alpha value is -3.44. The summed E-state index contributed by atoms with van der Waals surface area (Å²) in [7, 11) is 0. The van der Waals surface area contributed by atoms with Gasteiger partial charge in [0.1, 0.15) is 35.5 Å². The molecule has 4 heterocycles. The standard InChI is InChI=1S/C25H29F2N7O2/c1-15-5-4-8-29-23(15)25(3,35)13-36-20-12-17(11-19-22(20)33(14-30-19)24(26)27)21-16(2)34(32-31-21)18-6-9-28-10-7-18/h4-5,8,11-12,14,18,24,28,35H,6-7,9-10,13H2,1-3H3. The van der Waals surface area contributed by atoms with Crippen LogP contribution in [0, 0.1) is 13.8 Å². The Bertz CT molecular complexity index is 1380. The number of hydrogen-bond acceptors (Lipinski definition) is 7. The zero-order valence-corrected chi connectivity index (χ0v) is 20.4. The quantitative estimate of drug-likeness (QED) is 0.399. The third kappa shape index (κ3) is 4.44. The molecule has 1 unspecified atom stereocenters. The van der Waals surface area contributed by atoms with E-state index in [1.807, 2.05) is 24.6 Å². The van der Waals surface area contributed by atoms with Crippen LogP contribution in [0.5, 0.6) is 5.75 Å². The summed E-state index contributed by atoms with van der Waals surface area (Å²) in [5, 5.41) is 23.3. The molecule has 0 radical (unpaired) electrons. The zero-order valence-electron chi connectivity index (χ0n) is 20.4. The van der Waals surface area contributed by atoms with Gasteiger partial charge in [0.2, 0.25) is 0 Å². The number of alkyl halides is 2. The summed E-state index contributed by atoms with van der Waals surface area (Å²) in [6.07, 6.45) is 4.59. The molecule has 36 heavy (non-hydrogen) atoms. The molecular weight excluding hydrogens is 468 g/mol. The van der Waals surface area contributed by atoms with Gasteiger partial charge >= 0.3 is 6.55 Å². The second-order valence-corrected chi connectivity index (χ2v) is 9.45. The van der Waals surface area contributed by atoms with Gasteiger partial charge in [-0.2, -0.15) is 8.78 Å². The highest BCUT2D eigenvalue weighted by Crippen LogP contribution is 2.36. The molecule has 1 saturated heterocycles. The molecule has 3 aromatic heterocycles. The van der Waals surface area contributed by atoms with Crippen LogP contribution in [-0.2, 0) is 5.60 Å². The minimum absolute atomic E-state index is 0.144. The van der Waals surface area contributed by atoms with Gasteiger partial charge in [0.05, 0.1) is 22.9 Å². The number of nitrogens with zero attached hydrogens (tertiary/aromatic N) is 6. The molecule has 1 aliphatic heterocycles. The van der Waals surface area contributed by atoms with Crippen molar-refractivity contribution in [2.45, 2.75) is 51.8 Å². The van der Waals surface area contributed by atoms with E-state index in [9.17, 15) is 13.9 Å². The summed E-state index contributed by atoms with van der Waals surface area (Å²) in [5.74, 6) is 0.171. The van der Waals surface area contributed by atoms with E-state index in [1.165, 1.54) is 0 Å². The Balaban J connectivity index is 1.53. The van der Waals surface area contributed by atoms with Crippen LogP contribution >= 0.6 is 0 Å². The first kappa shape index (κ1) is 24.3. The van der Waals surface area contributed by atoms with Crippen LogP contribution in [0.1, 0.15) is 49.3 Å². The smallest absolute Gasteiger partial charge is 0.320 e. The first-order valence-corrected chi connectivity index (χ1v) is 11.9. The number of ether oxygens (including phenoxy) is 1. The van der Waals surface area contributed by atoms with E-state index in [0.29, 0.717) is 22.5 Å². The number of rotatable bonds is 7. The second-order valence-electron chi connectivity index (χ2n) is 9.45. The highest BCUT2D eigenvalue weighted by molar-refractivity contribution is 5.87. The van der Waals surface area contributed by atoms with E-state index in [4.69, 9.17) is 4.74 Å². The van der Waals surface area contributed by atoms with Gasteiger partial charge in [-0.05, 0) is 70.5 Å². The number of benzene rings is 1. The number of aromatic nitrogens is 6. The number of nitrogens with one attached hydrogen (secondary N) is 1. The lowest BCUT2D eigenvalue weighted by Crippen LogP contribution is -2.31.